The molecule has 9 heteroatoms. The van der Waals surface area contributed by atoms with Crippen LogP contribution in [0.1, 0.15) is 0 Å². The quantitative estimate of drug-likeness (QED) is 0.0909. The minimum absolute atomic E-state index is 0. The zero-order chi connectivity index (χ0) is 8.91. The van der Waals surface area contributed by atoms with Crippen molar-refractivity contribution in [2.75, 3.05) is 6.29 Å². The largest absolute Gasteiger partial charge is 1.00 e. The molecule has 0 saturated carbocycles. The van der Waals surface area contributed by atoms with E-state index < -0.39 is 13.9 Å². The molecule has 0 aliphatic rings. The van der Waals surface area contributed by atoms with E-state index in [1.165, 1.54) is 0 Å². The molecular weight excluding hydrogens is 198 g/mol. The molecule has 0 bridgehead atoms. The molecule has 64 valence electrons. The van der Waals surface area contributed by atoms with Crippen LogP contribution in [-0.2, 0) is 9.36 Å². The minimum Gasteiger partial charge on any atom is -0.777 e. The van der Waals surface area contributed by atoms with Crippen LogP contribution in [-0.4, -0.2) is 34.2 Å². The summed E-state index contributed by atoms with van der Waals surface area (Å²) in [7, 11) is -4.43. The second-order valence-electron chi connectivity index (χ2n) is 1.56. The van der Waals surface area contributed by atoms with Crippen LogP contribution in [0.25, 0.3) is 0 Å². The van der Waals surface area contributed by atoms with Gasteiger partial charge in [-0.05, 0) is 0 Å². The number of carbonyl (C=O) groups is 1. The van der Waals surface area contributed by atoms with E-state index in [-0.39, 0.29) is 41.0 Å². The summed E-state index contributed by atoms with van der Waals surface area (Å²) in [5.41, 5.74) is 0. The first-order valence-corrected chi connectivity index (χ1v) is 4.17. The van der Waals surface area contributed by atoms with Gasteiger partial charge in [0.15, 0.2) is 7.60 Å². The smallest absolute Gasteiger partial charge is 0.777 e. The molecule has 0 aliphatic heterocycles. The van der Waals surface area contributed by atoms with Crippen LogP contribution in [0.4, 0.5) is 0 Å². The molecule has 0 saturated heterocycles. The Labute approximate surface area is 90.5 Å². The molecule has 1 atom stereocenters. The van der Waals surface area contributed by atoms with Gasteiger partial charge in [-0.2, -0.15) is 5.06 Å². The summed E-state index contributed by atoms with van der Waals surface area (Å²) in [6.07, 6.45) is -0.289. The summed E-state index contributed by atoms with van der Waals surface area (Å²) >= 11 is 0. The van der Waals surface area contributed by atoms with Crippen molar-refractivity contribution >= 4 is 20.3 Å². The third-order valence-corrected chi connectivity index (χ3v) is 1.09. The van der Waals surface area contributed by atoms with Crippen molar-refractivity contribution in [3.8, 4) is 0 Å². The summed E-state index contributed by atoms with van der Waals surface area (Å²) in [5, 5.41) is 8.32. The van der Waals surface area contributed by atoms with Crippen molar-refractivity contribution in [2.24, 2.45) is 4.99 Å². The van der Waals surface area contributed by atoms with Crippen molar-refractivity contribution in [3.63, 3.8) is 0 Å². The summed E-state index contributed by atoms with van der Waals surface area (Å²) < 4.78 is 9.98. The third-order valence-electron chi connectivity index (χ3n) is 0.568. The predicted octanol–water partition coefficient (Wildman–Crippen LogP) is -4.63. The van der Waals surface area contributed by atoms with Crippen LogP contribution in [0.5, 0.6) is 0 Å². The average Bonchev–Trinajstić information content (AvgIpc) is 1.85. The molecule has 0 aromatic carbocycles. The Morgan fingerprint density at radius 3 is 2.50 bits per heavy atom. The normalized spacial score (nSPS) is 14.9. The first kappa shape index (κ1) is 14.8. The number of carbonyl (C=O) groups excluding carboxylic acids is 1. The Kier molecular flexibility index (Phi) is 8.28. The molecule has 0 aliphatic carbocycles. The van der Waals surface area contributed by atoms with Gasteiger partial charge in [-0.3, -0.25) is 15.0 Å². The fourth-order valence-electron chi connectivity index (χ4n) is 0.251. The maximum absolute atomic E-state index is 9.98. The molecule has 1 amide bonds. The van der Waals surface area contributed by atoms with Crippen molar-refractivity contribution < 1.29 is 53.9 Å². The van der Waals surface area contributed by atoms with Gasteiger partial charge < -0.3 is 14.4 Å². The standard InChI is InChI=1S/C3H7N2O5P.Na/c6-3-5(7)1-4-2-11(8,9)10;/h1,3,7H,2H2,(H2,8,9,10);/q;+1/p-1/b4-1+;. The van der Waals surface area contributed by atoms with Gasteiger partial charge in [0.2, 0.25) is 6.41 Å². The third kappa shape index (κ3) is 10.2. The molecule has 0 aromatic rings. The number of amides is 1. The summed E-state index contributed by atoms with van der Waals surface area (Å²) in [5.74, 6) is 0. The number of aliphatic imine (C=N–C) groups is 1. The molecule has 0 rings (SSSR count). The van der Waals surface area contributed by atoms with Gasteiger partial charge in [0.25, 0.3) is 0 Å². The zero-order valence-electron chi connectivity index (χ0n) is 6.32. The Morgan fingerprint density at radius 1 is 1.67 bits per heavy atom. The van der Waals surface area contributed by atoms with E-state index in [9.17, 15) is 14.3 Å². The van der Waals surface area contributed by atoms with E-state index in [0.29, 0.717) is 6.34 Å². The maximum Gasteiger partial charge on any atom is 1.00 e. The van der Waals surface area contributed by atoms with Gasteiger partial charge in [-0.15, -0.1) is 0 Å². The van der Waals surface area contributed by atoms with Gasteiger partial charge in [0.1, 0.15) is 12.6 Å². The molecule has 7 nitrogen and oxygen atoms in total. The molecule has 0 spiro atoms. The Balaban J connectivity index is 0. The summed E-state index contributed by atoms with van der Waals surface area (Å²) in [6.45, 7) is 0. The Morgan fingerprint density at radius 2 is 2.17 bits per heavy atom. The van der Waals surface area contributed by atoms with Gasteiger partial charge >= 0.3 is 29.6 Å². The van der Waals surface area contributed by atoms with Gasteiger partial charge in [-0.25, -0.2) is 0 Å². The van der Waals surface area contributed by atoms with Crippen LogP contribution in [0.3, 0.4) is 0 Å². The van der Waals surface area contributed by atoms with E-state index in [4.69, 9.17) is 10.1 Å². The molecule has 2 N–H and O–H groups in total. The van der Waals surface area contributed by atoms with Crippen molar-refractivity contribution in [2.45, 2.75) is 0 Å². The fraction of sp³-hybridized carbons (Fsp3) is 0.333. The fourth-order valence-corrected chi connectivity index (χ4v) is 0.530. The van der Waals surface area contributed by atoms with Crippen LogP contribution in [0, 0.1) is 0 Å². The van der Waals surface area contributed by atoms with Crippen molar-refractivity contribution in [1.29, 1.82) is 0 Å². The zero-order valence-corrected chi connectivity index (χ0v) is 9.22. The van der Waals surface area contributed by atoms with E-state index in [1.807, 2.05) is 0 Å². The molecule has 12 heavy (non-hydrogen) atoms. The maximum atomic E-state index is 9.98. The molecule has 1 unspecified atom stereocenters. The van der Waals surface area contributed by atoms with Crippen LogP contribution >= 0.6 is 7.60 Å². The number of hydrogen-bond donors (Lipinski definition) is 2. The van der Waals surface area contributed by atoms with E-state index in [1.54, 1.807) is 0 Å². The van der Waals surface area contributed by atoms with Crippen LogP contribution in [0.15, 0.2) is 4.99 Å². The molecule has 0 heterocycles. The monoisotopic (exact) mass is 204 g/mol. The first-order valence-electron chi connectivity index (χ1n) is 2.41. The number of hydroxylamine groups is 2. The summed E-state index contributed by atoms with van der Waals surface area (Å²) in [6, 6.07) is 0. The van der Waals surface area contributed by atoms with E-state index in [0.717, 1.165) is 0 Å². The van der Waals surface area contributed by atoms with Gasteiger partial charge in [-0.1, -0.05) is 0 Å². The van der Waals surface area contributed by atoms with Gasteiger partial charge in [0.05, 0.1) is 0 Å². The Bertz CT molecular complexity index is 203. The van der Waals surface area contributed by atoms with Crippen LogP contribution in [0.2, 0.25) is 0 Å². The second kappa shape index (κ2) is 6.73. The molecule has 0 fully saturated rings. The van der Waals surface area contributed by atoms with Crippen LogP contribution < -0.4 is 34.5 Å². The number of nitrogens with zero attached hydrogens (tertiary/aromatic N) is 2. The topological polar surface area (TPSA) is 113 Å². The summed E-state index contributed by atoms with van der Waals surface area (Å²) in [4.78, 5) is 30.7. The predicted molar refractivity (Wildman–Crippen MR) is 32.9 cm³/mol. The Hall–Kier alpha value is 0.250. The second-order valence-corrected chi connectivity index (χ2v) is 3.12. The van der Waals surface area contributed by atoms with Gasteiger partial charge in [0, 0.05) is 0 Å². The minimum atomic E-state index is -4.43. The number of hydrogen-bond acceptors (Lipinski definition) is 5. The molecule has 0 aromatic heterocycles. The van der Waals surface area contributed by atoms with E-state index in [2.05, 4.69) is 4.99 Å². The molecular formula is C3H6N2NaO5P. The first-order chi connectivity index (χ1) is 4.95. The van der Waals surface area contributed by atoms with Crippen molar-refractivity contribution in [3.05, 3.63) is 0 Å². The number of rotatable bonds is 4. The molecule has 0 radical (unpaired) electrons. The van der Waals surface area contributed by atoms with E-state index >= 15 is 0 Å². The van der Waals surface area contributed by atoms with Crippen molar-refractivity contribution in [1.82, 2.24) is 5.06 Å². The SMILES string of the molecule is O=CN(O)/C=N/CP(=O)([O-])O.[Na+]. The average molecular weight is 204 g/mol.